The zero-order chi connectivity index (χ0) is 16.0. The number of para-hydroxylation sites is 1. The molecule has 3 atom stereocenters. The van der Waals surface area contributed by atoms with E-state index in [1.807, 2.05) is 6.07 Å². The Morgan fingerprint density at radius 2 is 1.78 bits per heavy atom. The second kappa shape index (κ2) is 5.12. The van der Waals surface area contributed by atoms with Gasteiger partial charge in [0.1, 0.15) is 0 Å². The monoisotopic (exact) mass is 306 g/mol. The van der Waals surface area contributed by atoms with Gasteiger partial charge >= 0.3 is 0 Å². The van der Waals surface area contributed by atoms with Crippen molar-refractivity contribution in [1.29, 1.82) is 0 Å². The number of hydrogen-bond acceptors (Lipinski definition) is 3. The molecule has 0 bridgehead atoms. The van der Waals surface area contributed by atoms with Gasteiger partial charge in [-0.15, -0.1) is 0 Å². The fraction of sp³-hybridized carbons (Fsp3) is 0.350. The van der Waals surface area contributed by atoms with Crippen molar-refractivity contribution >= 4 is 11.4 Å². The minimum Gasteiger partial charge on any atom is -0.369 e. The normalized spacial score (nSPS) is 29.2. The van der Waals surface area contributed by atoms with E-state index in [4.69, 9.17) is 4.84 Å². The van der Waals surface area contributed by atoms with Crippen LogP contribution in [0.25, 0.3) is 0 Å². The lowest BCUT2D eigenvalue weighted by Gasteiger charge is -2.35. The lowest BCUT2D eigenvalue weighted by Crippen LogP contribution is -2.46. The Morgan fingerprint density at radius 3 is 2.57 bits per heavy atom. The molecule has 0 unspecified atom stereocenters. The number of hydrogen-bond donors (Lipinski definition) is 0. The van der Waals surface area contributed by atoms with E-state index in [1.165, 1.54) is 11.3 Å². The number of anilines is 1. The second-order valence-corrected chi connectivity index (χ2v) is 6.96. The van der Waals surface area contributed by atoms with E-state index in [0.29, 0.717) is 5.92 Å². The van der Waals surface area contributed by atoms with Crippen molar-refractivity contribution in [2.75, 3.05) is 11.9 Å². The summed E-state index contributed by atoms with van der Waals surface area (Å²) >= 11 is 0. The van der Waals surface area contributed by atoms with Gasteiger partial charge in [-0.2, -0.15) is 0 Å². The molecule has 0 aliphatic carbocycles. The number of oxime groups is 1. The van der Waals surface area contributed by atoms with Gasteiger partial charge in [-0.3, -0.25) is 0 Å². The molecule has 2 heterocycles. The van der Waals surface area contributed by atoms with Gasteiger partial charge in [0.2, 0.25) is 6.23 Å². The summed E-state index contributed by atoms with van der Waals surface area (Å²) in [7, 11) is 2.11. The van der Waals surface area contributed by atoms with Gasteiger partial charge in [-0.1, -0.05) is 60.6 Å². The Balaban J connectivity index is 1.81. The van der Waals surface area contributed by atoms with Crippen LogP contribution in [0.5, 0.6) is 0 Å². The summed E-state index contributed by atoms with van der Waals surface area (Å²) in [6, 6.07) is 19.1. The zero-order valence-corrected chi connectivity index (χ0v) is 13.9. The topological polar surface area (TPSA) is 24.8 Å². The van der Waals surface area contributed by atoms with Crippen LogP contribution in [0, 0.1) is 5.41 Å². The summed E-state index contributed by atoms with van der Waals surface area (Å²) in [5.41, 5.74) is 4.73. The van der Waals surface area contributed by atoms with Gasteiger partial charge in [-0.25, -0.2) is 0 Å². The van der Waals surface area contributed by atoms with Crippen molar-refractivity contribution in [3.8, 4) is 0 Å². The number of rotatable bonds is 1. The highest BCUT2D eigenvalue weighted by Gasteiger charge is 2.51. The molecule has 2 aliphatic heterocycles. The highest BCUT2D eigenvalue weighted by atomic mass is 16.7. The summed E-state index contributed by atoms with van der Waals surface area (Å²) in [6.07, 6.45) is 0.955. The van der Waals surface area contributed by atoms with E-state index < -0.39 is 0 Å². The third-order valence-corrected chi connectivity index (χ3v) is 5.31. The molecule has 2 aliphatic rings. The molecule has 2 aromatic carbocycles. The van der Waals surface area contributed by atoms with Gasteiger partial charge in [-0.05, 0) is 30.9 Å². The fourth-order valence-electron chi connectivity index (χ4n) is 4.21. The van der Waals surface area contributed by atoms with Crippen LogP contribution >= 0.6 is 0 Å². The first kappa shape index (κ1) is 14.3. The average Bonchev–Trinajstić information content (AvgIpc) is 2.88. The van der Waals surface area contributed by atoms with Crippen molar-refractivity contribution in [1.82, 2.24) is 0 Å². The molecule has 0 aromatic heterocycles. The van der Waals surface area contributed by atoms with E-state index in [1.54, 1.807) is 0 Å². The lowest BCUT2D eigenvalue weighted by molar-refractivity contribution is 0.0290. The zero-order valence-electron chi connectivity index (χ0n) is 13.9. The maximum atomic E-state index is 5.94. The van der Waals surface area contributed by atoms with E-state index in [0.717, 1.165) is 17.7 Å². The van der Waals surface area contributed by atoms with Crippen LogP contribution in [0.2, 0.25) is 0 Å². The molecular weight excluding hydrogens is 284 g/mol. The Morgan fingerprint density at radius 1 is 1.09 bits per heavy atom. The minimum absolute atomic E-state index is 0.0659. The molecule has 0 spiro atoms. The first-order chi connectivity index (χ1) is 11.1. The Labute approximate surface area is 137 Å². The number of benzene rings is 2. The predicted octanol–water partition coefficient (Wildman–Crippen LogP) is 4.40. The molecule has 2 aromatic rings. The van der Waals surface area contributed by atoms with Crippen molar-refractivity contribution in [2.45, 2.75) is 32.4 Å². The minimum atomic E-state index is -0.130. The maximum absolute atomic E-state index is 5.94. The fourth-order valence-corrected chi connectivity index (χ4v) is 4.21. The van der Waals surface area contributed by atoms with Crippen molar-refractivity contribution in [3.63, 3.8) is 0 Å². The molecule has 118 valence electrons. The highest BCUT2D eigenvalue weighted by molar-refractivity contribution is 6.05. The predicted molar refractivity (Wildman–Crippen MR) is 93.8 cm³/mol. The summed E-state index contributed by atoms with van der Waals surface area (Å²) in [5.74, 6) is 0.458. The highest BCUT2D eigenvalue weighted by Crippen LogP contribution is 2.49. The van der Waals surface area contributed by atoms with Gasteiger partial charge in [0.15, 0.2) is 0 Å². The van der Waals surface area contributed by atoms with Crippen molar-refractivity contribution < 1.29 is 4.84 Å². The quantitative estimate of drug-likeness (QED) is 0.780. The largest absolute Gasteiger partial charge is 0.369 e. The average molecular weight is 306 g/mol. The molecule has 0 radical (unpaired) electrons. The second-order valence-electron chi connectivity index (χ2n) is 6.96. The molecule has 0 amide bonds. The molecule has 0 saturated carbocycles. The maximum Gasteiger partial charge on any atom is 0.210 e. The molecule has 4 rings (SSSR count). The van der Waals surface area contributed by atoms with Gasteiger partial charge in [0.05, 0.1) is 11.1 Å². The summed E-state index contributed by atoms with van der Waals surface area (Å²) in [6.45, 7) is 4.59. The first-order valence-electron chi connectivity index (χ1n) is 8.23. The Bertz CT molecular complexity index is 755. The van der Waals surface area contributed by atoms with E-state index in [9.17, 15) is 0 Å². The van der Waals surface area contributed by atoms with E-state index in [2.05, 4.69) is 79.5 Å². The first-order valence-corrected chi connectivity index (χ1v) is 8.23. The van der Waals surface area contributed by atoms with Crippen LogP contribution in [0.1, 0.15) is 37.3 Å². The van der Waals surface area contributed by atoms with Gasteiger partial charge in [0.25, 0.3) is 0 Å². The van der Waals surface area contributed by atoms with Gasteiger partial charge in [0, 0.05) is 18.3 Å². The smallest absolute Gasteiger partial charge is 0.210 e. The Kier molecular flexibility index (Phi) is 3.19. The van der Waals surface area contributed by atoms with Crippen LogP contribution in [0.3, 0.4) is 0 Å². The number of fused-ring (bicyclic) bond motifs is 2. The SMILES string of the molecule is C[C@@H]1C[C@]2(C)C(c3ccccc3)=NO[C@H]2N(C)c2ccccc21. The molecule has 3 nitrogen and oxygen atoms in total. The molecule has 0 N–H and O–H groups in total. The molecule has 0 fully saturated rings. The standard InChI is InChI=1S/C20H22N2O/c1-14-13-20(2)18(15-9-5-4-6-10-15)21-23-19(20)22(3)17-12-8-7-11-16(14)17/h4-12,14,19H,13H2,1-3H3/t14-,19-,20-/m1/s1. The van der Waals surface area contributed by atoms with Crippen molar-refractivity contribution in [2.24, 2.45) is 10.6 Å². The van der Waals surface area contributed by atoms with Gasteiger partial charge < -0.3 is 9.74 Å². The van der Waals surface area contributed by atoms with Crippen molar-refractivity contribution in [3.05, 3.63) is 65.7 Å². The molecule has 3 heteroatoms. The number of nitrogens with zero attached hydrogens (tertiary/aromatic N) is 2. The lowest BCUT2D eigenvalue weighted by atomic mass is 9.73. The third kappa shape index (κ3) is 2.07. The molecule has 23 heavy (non-hydrogen) atoms. The van der Waals surface area contributed by atoms with Crippen LogP contribution < -0.4 is 4.90 Å². The van der Waals surface area contributed by atoms with E-state index in [-0.39, 0.29) is 11.6 Å². The van der Waals surface area contributed by atoms with Crippen LogP contribution in [-0.2, 0) is 4.84 Å². The van der Waals surface area contributed by atoms with Crippen LogP contribution in [-0.4, -0.2) is 19.0 Å². The molecular formula is C20H22N2O. The summed E-state index contributed by atoms with van der Waals surface area (Å²) in [5, 5.41) is 4.50. The Hall–Kier alpha value is -2.29. The van der Waals surface area contributed by atoms with Crippen LogP contribution in [0.15, 0.2) is 59.8 Å². The summed E-state index contributed by atoms with van der Waals surface area (Å²) in [4.78, 5) is 8.19. The van der Waals surface area contributed by atoms with Crippen LogP contribution in [0.4, 0.5) is 5.69 Å². The third-order valence-electron chi connectivity index (χ3n) is 5.31. The summed E-state index contributed by atoms with van der Waals surface area (Å²) < 4.78 is 0. The van der Waals surface area contributed by atoms with E-state index >= 15 is 0 Å². The molecule has 0 saturated heterocycles.